The molecule has 0 saturated carbocycles. The number of hydrogen-bond donors (Lipinski definition) is 0. The summed E-state index contributed by atoms with van der Waals surface area (Å²) in [5.41, 5.74) is 1.15. The van der Waals surface area contributed by atoms with Crippen LogP contribution in [-0.2, 0) is 4.79 Å². The Bertz CT molecular complexity index is 385. The zero-order valence-electron chi connectivity index (χ0n) is 8.54. The van der Waals surface area contributed by atoms with Crippen molar-refractivity contribution >= 4 is 5.78 Å². The average molecular weight is 190 g/mol. The van der Waals surface area contributed by atoms with Gasteiger partial charge in [-0.05, 0) is 38.5 Å². The Morgan fingerprint density at radius 2 is 2.07 bits per heavy atom. The standard InChI is InChI=1S/C12H14O2/c1-8-5-10(7-11(13)6-8)12-4-3-9(2)14-12/h3-4,6,10H,5,7H2,1-2H3. The fraction of sp³-hybridized carbons (Fsp3) is 0.417. The first-order valence-electron chi connectivity index (χ1n) is 4.91. The van der Waals surface area contributed by atoms with Gasteiger partial charge < -0.3 is 4.42 Å². The molecule has 1 aromatic heterocycles. The molecular weight excluding hydrogens is 176 g/mol. The van der Waals surface area contributed by atoms with E-state index in [-0.39, 0.29) is 11.7 Å². The molecule has 1 aliphatic rings. The molecule has 2 rings (SSSR count). The molecule has 0 bridgehead atoms. The van der Waals surface area contributed by atoms with E-state index in [0.29, 0.717) is 6.42 Å². The Morgan fingerprint density at radius 1 is 1.29 bits per heavy atom. The van der Waals surface area contributed by atoms with E-state index in [2.05, 4.69) is 0 Å². The number of allylic oxidation sites excluding steroid dienone is 2. The van der Waals surface area contributed by atoms with Gasteiger partial charge in [0.15, 0.2) is 5.78 Å². The SMILES string of the molecule is CC1=CC(=O)CC(c2ccc(C)o2)C1. The van der Waals surface area contributed by atoms with Crippen LogP contribution in [0.25, 0.3) is 0 Å². The minimum atomic E-state index is 0.216. The zero-order chi connectivity index (χ0) is 10.1. The number of ketones is 1. The summed E-state index contributed by atoms with van der Waals surface area (Å²) >= 11 is 0. The summed E-state index contributed by atoms with van der Waals surface area (Å²) in [6.07, 6.45) is 3.27. The quantitative estimate of drug-likeness (QED) is 0.681. The minimum absolute atomic E-state index is 0.216. The number of furan rings is 1. The van der Waals surface area contributed by atoms with Crippen LogP contribution in [0, 0.1) is 6.92 Å². The Hall–Kier alpha value is -1.31. The third-order valence-corrected chi connectivity index (χ3v) is 2.59. The molecule has 1 aliphatic carbocycles. The van der Waals surface area contributed by atoms with Gasteiger partial charge in [0, 0.05) is 12.3 Å². The first-order valence-corrected chi connectivity index (χ1v) is 4.91. The molecule has 1 atom stereocenters. The first-order chi connectivity index (χ1) is 6.65. The number of hydrogen-bond acceptors (Lipinski definition) is 2. The number of rotatable bonds is 1. The third kappa shape index (κ3) is 1.79. The molecular formula is C12H14O2. The lowest BCUT2D eigenvalue weighted by Gasteiger charge is -2.17. The molecule has 2 heteroatoms. The summed E-state index contributed by atoms with van der Waals surface area (Å²) in [7, 11) is 0. The van der Waals surface area contributed by atoms with Crippen molar-refractivity contribution in [3.63, 3.8) is 0 Å². The normalized spacial score (nSPS) is 22.3. The van der Waals surface area contributed by atoms with Gasteiger partial charge in [-0.15, -0.1) is 0 Å². The van der Waals surface area contributed by atoms with Gasteiger partial charge in [-0.25, -0.2) is 0 Å². The molecule has 0 spiro atoms. The molecule has 0 aliphatic heterocycles. The van der Waals surface area contributed by atoms with Gasteiger partial charge in [-0.2, -0.15) is 0 Å². The minimum Gasteiger partial charge on any atom is -0.466 e. The van der Waals surface area contributed by atoms with Gasteiger partial charge in [0.25, 0.3) is 0 Å². The Kier molecular flexibility index (Phi) is 2.28. The van der Waals surface area contributed by atoms with E-state index in [4.69, 9.17) is 4.42 Å². The lowest BCUT2D eigenvalue weighted by atomic mass is 9.87. The average Bonchev–Trinajstić information content (AvgIpc) is 2.50. The fourth-order valence-electron chi connectivity index (χ4n) is 1.97. The van der Waals surface area contributed by atoms with Crippen LogP contribution in [0.1, 0.15) is 37.2 Å². The second-order valence-corrected chi connectivity index (χ2v) is 4.01. The van der Waals surface area contributed by atoms with E-state index in [9.17, 15) is 4.79 Å². The lowest BCUT2D eigenvalue weighted by molar-refractivity contribution is -0.115. The summed E-state index contributed by atoms with van der Waals surface area (Å²) in [4.78, 5) is 11.3. The highest BCUT2D eigenvalue weighted by Gasteiger charge is 2.22. The van der Waals surface area contributed by atoms with Crippen LogP contribution in [0.3, 0.4) is 0 Å². The van der Waals surface area contributed by atoms with Crippen molar-refractivity contribution in [2.24, 2.45) is 0 Å². The van der Waals surface area contributed by atoms with Gasteiger partial charge in [0.2, 0.25) is 0 Å². The molecule has 0 radical (unpaired) electrons. The van der Waals surface area contributed by atoms with Gasteiger partial charge in [0.05, 0.1) is 0 Å². The molecule has 74 valence electrons. The van der Waals surface area contributed by atoms with Gasteiger partial charge >= 0.3 is 0 Å². The highest BCUT2D eigenvalue weighted by molar-refractivity contribution is 5.91. The fourth-order valence-corrected chi connectivity index (χ4v) is 1.97. The molecule has 1 aromatic rings. The second kappa shape index (κ2) is 3.45. The first kappa shape index (κ1) is 9.25. The monoisotopic (exact) mass is 190 g/mol. The van der Waals surface area contributed by atoms with Crippen LogP contribution in [-0.4, -0.2) is 5.78 Å². The van der Waals surface area contributed by atoms with Crippen molar-refractivity contribution in [1.82, 2.24) is 0 Å². The predicted molar refractivity (Wildman–Crippen MR) is 54.2 cm³/mol. The van der Waals surface area contributed by atoms with Gasteiger partial charge in [-0.1, -0.05) is 5.57 Å². The van der Waals surface area contributed by atoms with Crippen LogP contribution in [0.4, 0.5) is 0 Å². The number of carbonyl (C=O) groups is 1. The van der Waals surface area contributed by atoms with E-state index in [1.807, 2.05) is 26.0 Å². The predicted octanol–water partition coefficient (Wildman–Crippen LogP) is 2.98. The Labute approximate surface area is 83.6 Å². The third-order valence-electron chi connectivity index (χ3n) is 2.59. The number of aryl methyl sites for hydroxylation is 1. The van der Waals surface area contributed by atoms with Crippen molar-refractivity contribution in [3.8, 4) is 0 Å². The highest BCUT2D eigenvalue weighted by Crippen LogP contribution is 2.31. The lowest BCUT2D eigenvalue weighted by Crippen LogP contribution is -2.10. The molecule has 1 heterocycles. The molecule has 1 unspecified atom stereocenters. The smallest absolute Gasteiger partial charge is 0.156 e. The summed E-state index contributed by atoms with van der Waals surface area (Å²) in [6.45, 7) is 3.93. The topological polar surface area (TPSA) is 30.2 Å². The largest absolute Gasteiger partial charge is 0.466 e. The summed E-state index contributed by atoms with van der Waals surface area (Å²) in [5.74, 6) is 2.33. The van der Waals surface area contributed by atoms with E-state index in [1.54, 1.807) is 6.08 Å². The van der Waals surface area contributed by atoms with Crippen LogP contribution < -0.4 is 0 Å². The number of carbonyl (C=O) groups excluding carboxylic acids is 1. The molecule has 0 saturated heterocycles. The van der Waals surface area contributed by atoms with Crippen LogP contribution in [0.15, 0.2) is 28.2 Å². The van der Waals surface area contributed by atoms with E-state index in [0.717, 1.165) is 23.5 Å². The van der Waals surface area contributed by atoms with Gasteiger partial charge in [-0.3, -0.25) is 4.79 Å². The molecule has 2 nitrogen and oxygen atoms in total. The van der Waals surface area contributed by atoms with Crippen molar-refractivity contribution < 1.29 is 9.21 Å². The summed E-state index contributed by atoms with van der Waals surface area (Å²) in [5, 5.41) is 0. The summed E-state index contributed by atoms with van der Waals surface area (Å²) in [6, 6.07) is 3.93. The molecule has 14 heavy (non-hydrogen) atoms. The van der Waals surface area contributed by atoms with Gasteiger partial charge in [0.1, 0.15) is 11.5 Å². The molecule has 0 fully saturated rings. The van der Waals surface area contributed by atoms with E-state index < -0.39 is 0 Å². The van der Waals surface area contributed by atoms with Crippen LogP contribution >= 0.6 is 0 Å². The second-order valence-electron chi connectivity index (χ2n) is 4.01. The Morgan fingerprint density at radius 3 is 2.64 bits per heavy atom. The maximum Gasteiger partial charge on any atom is 0.156 e. The van der Waals surface area contributed by atoms with Crippen molar-refractivity contribution in [2.45, 2.75) is 32.6 Å². The maximum atomic E-state index is 11.3. The van der Waals surface area contributed by atoms with Crippen LogP contribution in [0.5, 0.6) is 0 Å². The van der Waals surface area contributed by atoms with Crippen molar-refractivity contribution in [1.29, 1.82) is 0 Å². The van der Waals surface area contributed by atoms with Crippen molar-refractivity contribution in [3.05, 3.63) is 35.3 Å². The molecule has 0 aromatic carbocycles. The van der Waals surface area contributed by atoms with E-state index in [1.165, 1.54) is 0 Å². The van der Waals surface area contributed by atoms with Crippen molar-refractivity contribution in [2.75, 3.05) is 0 Å². The zero-order valence-corrected chi connectivity index (χ0v) is 8.54. The highest BCUT2D eigenvalue weighted by atomic mass is 16.3. The van der Waals surface area contributed by atoms with Crippen LogP contribution in [0.2, 0.25) is 0 Å². The molecule has 0 amide bonds. The summed E-state index contributed by atoms with van der Waals surface area (Å²) < 4.78 is 5.54. The van der Waals surface area contributed by atoms with E-state index >= 15 is 0 Å². The maximum absolute atomic E-state index is 11.3. The molecule has 0 N–H and O–H groups in total. The Balaban J connectivity index is 2.21.